The van der Waals surface area contributed by atoms with E-state index < -0.39 is 55.5 Å². The van der Waals surface area contributed by atoms with Crippen LogP contribution in [0.4, 0.5) is 0 Å². The molecule has 4 atom stereocenters. The molecule has 40 heavy (non-hydrogen) atoms. The maximum absolute atomic E-state index is 13.2. The van der Waals surface area contributed by atoms with Crippen LogP contribution < -0.4 is 26.3 Å². The molecule has 10 heteroatoms. The van der Waals surface area contributed by atoms with Crippen molar-refractivity contribution in [3.05, 3.63) is 23.8 Å². The number of hydrogen-bond acceptors (Lipinski definition) is 7. The monoisotopic (exact) mass is 593 g/mol. The summed E-state index contributed by atoms with van der Waals surface area (Å²) in [6.07, 6.45) is 0.689. The lowest BCUT2D eigenvalue weighted by Crippen LogP contribution is -2.46. The van der Waals surface area contributed by atoms with Gasteiger partial charge in [-0.25, -0.2) is 0 Å². The number of amides is 2. The summed E-state index contributed by atoms with van der Waals surface area (Å²) in [7, 11) is 3.21. The second-order valence-corrected chi connectivity index (χ2v) is 10.9. The number of hydrogen-bond donors (Lipinski definition) is 4. The summed E-state index contributed by atoms with van der Waals surface area (Å²) in [5.41, 5.74) is 9.79. The van der Waals surface area contributed by atoms with Crippen molar-refractivity contribution in [3.8, 4) is 11.5 Å². The molecule has 2 amide bonds. The van der Waals surface area contributed by atoms with Crippen LogP contribution in [-0.2, 0) is 20.7 Å². The first kappa shape index (κ1) is 28.1. The van der Waals surface area contributed by atoms with Crippen molar-refractivity contribution in [1.82, 2.24) is 5.32 Å². The molecule has 0 saturated carbocycles. The van der Waals surface area contributed by atoms with Crippen molar-refractivity contribution >= 4 is 24.2 Å². The fourth-order valence-corrected chi connectivity index (χ4v) is 4.30. The largest absolute Gasteiger partial charge is 0.493 e. The van der Waals surface area contributed by atoms with Crippen LogP contribution in [0.5, 0.6) is 11.5 Å². The molecule has 1 rings (SSSR count). The minimum absolute atomic E-state index is 0. The zero-order chi connectivity index (χ0) is 34.8. The number of benzene rings is 1. The molecule has 0 heterocycles. The fraction of sp³-hybridized carbons (Fsp3) is 0.733. The first-order valence-electron chi connectivity index (χ1n) is 16.5. The average Bonchev–Trinajstić information content (AvgIpc) is 2.91. The van der Waals surface area contributed by atoms with Gasteiger partial charge >= 0.3 is 0 Å². The first-order valence-corrected chi connectivity index (χ1v) is 13.5. The molecule has 1 aromatic carbocycles. The molecule has 1 aromatic rings. The van der Waals surface area contributed by atoms with E-state index in [9.17, 15) is 14.7 Å². The molecule has 232 valence electrons. The number of halogens is 1. The Morgan fingerprint density at radius 1 is 1.07 bits per heavy atom. The highest BCUT2D eigenvalue weighted by Gasteiger charge is 2.32. The van der Waals surface area contributed by atoms with Crippen molar-refractivity contribution in [2.75, 3.05) is 34.0 Å². The molecule has 0 bridgehead atoms. The third-order valence-corrected chi connectivity index (χ3v) is 7.07. The van der Waals surface area contributed by atoms with Gasteiger partial charge < -0.3 is 36.1 Å². The standard InChI is InChI=1S/C30H53N3O6.ClH/c1-19(2)22(14-21-10-11-26(38-8)27(15-21)39-13-9-12-37-7)16-24(31)25(34)17-23(20(3)4)28(35)33-18-30(5,6)29(32)36;/h10-11,15,19-20,22-25,34H,9,12-14,16-18,31H2,1-8H3,(H2,32,36)(H,33,35);1H/t22-,23-,24-,25-;/m0./s1/i5D3,6D3;. The van der Waals surface area contributed by atoms with Crippen LogP contribution in [0.2, 0.25) is 0 Å². The maximum atomic E-state index is 13.2. The van der Waals surface area contributed by atoms with Crippen LogP contribution in [0.15, 0.2) is 18.2 Å². The minimum Gasteiger partial charge on any atom is -0.493 e. The molecule has 0 aliphatic rings. The molecular weight excluding hydrogens is 534 g/mol. The Labute approximate surface area is 255 Å². The summed E-state index contributed by atoms with van der Waals surface area (Å²) in [4.78, 5) is 25.4. The van der Waals surface area contributed by atoms with E-state index in [1.807, 2.05) is 18.2 Å². The predicted octanol–water partition coefficient (Wildman–Crippen LogP) is 3.72. The van der Waals surface area contributed by atoms with Gasteiger partial charge in [0.25, 0.3) is 0 Å². The topological polar surface area (TPSA) is 146 Å². The number of carbonyl (C=O) groups is 2. The van der Waals surface area contributed by atoms with Gasteiger partial charge in [0.2, 0.25) is 11.8 Å². The van der Waals surface area contributed by atoms with Gasteiger partial charge in [0, 0.05) is 46.9 Å². The maximum Gasteiger partial charge on any atom is 0.224 e. The smallest absolute Gasteiger partial charge is 0.224 e. The van der Waals surface area contributed by atoms with E-state index in [0.717, 1.165) is 12.0 Å². The van der Waals surface area contributed by atoms with Gasteiger partial charge in [0.1, 0.15) is 0 Å². The second kappa shape index (κ2) is 18.4. The fourth-order valence-electron chi connectivity index (χ4n) is 4.30. The highest BCUT2D eigenvalue weighted by Crippen LogP contribution is 2.32. The van der Waals surface area contributed by atoms with E-state index in [1.165, 1.54) is 0 Å². The first-order chi connectivity index (χ1) is 20.7. The van der Waals surface area contributed by atoms with Gasteiger partial charge in [-0.3, -0.25) is 9.59 Å². The van der Waals surface area contributed by atoms with Gasteiger partial charge in [-0.05, 0) is 68.4 Å². The third kappa shape index (κ3) is 12.6. The molecule has 6 N–H and O–H groups in total. The summed E-state index contributed by atoms with van der Waals surface area (Å²) < 4.78 is 62.8. The normalized spacial score (nSPS) is 17.6. The van der Waals surface area contributed by atoms with E-state index in [0.29, 0.717) is 37.6 Å². The van der Waals surface area contributed by atoms with Gasteiger partial charge in [0.15, 0.2) is 11.5 Å². The van der Waals surface area contributed by atoms with Crippen LogP contribution in [0.3, 0.4) is 0 Å². The van der Waals surface area contributed by atoms with E-state index >= 15 is 0 Å². The molecule has 0 fully saturated rings. The highest BCUT2D eigenvalue weighted by molar-refractivity contribution is 5.85. The van der Waals surface area contributed by atoms with Crippen LogP contribution in [0, 0.1) is 29.1 Å². The Balaban J connectivity index is 0.0000202. The summed E-state index contributed by atoms with van der Waals surface area (Å²) in [5.74, 6) is -1.90. The van der Waals surface area contributed by atoms with Crippen molar-refractivity contribution in [1.29, 1.82) is 0 Å². The van der Waals surface area contributed by atoms with Gasteiger partial charge in [0.05, 0.1) is 25.2 Å². The van der Waals surface area contributed by atoms with Crippen LogP contribution in [0.1, 0.15) is 74.4 Å². The molecular formula is C30H54ClN3O6. The van der Waals surface area contributed by atoms with E-state index in [4.69, 9.17) is 33.9 Å². The number of nitrogens with two attached hydrogens (primary N) is 2. The number of aliphatic hydroxyl groups is 1. The summed E-state index contributed by atoms with van der Waals surface area (Å²) in [5, 5.41) is 13.4. The minimum atomic E-state index is -3.31. The van der Waals surface area contributed by atoms with Crippen molar-refractivity contribution in [2.24, 2.45) is 40.6 Å². The quantitative estimate of drug-likeness (QED) is 0.179. The number of nitrogens with one attached hydrogen (secondary N) is 1. The van der Waals surface area contributed by atoms with E-state index in [-0.39, 0.29) is 36.6 Å². The molecule has 0 aliphatic heterocycles. The second-order valence-electron chi connectivity index (χ2n) is 10.9. The summed E-state index contributed by atoms with van der Waals surface area (Å²) in [6.45, 7) is 1.06. The number of ether oxygens (including phenoxy) is 3. The Bertz CT molecular complexity index is 1080. The van der Waals surface area contributed by atoms with Crippen molar-refractivity contribution < 1.29 is 37.1 Å². The molecule has 0 unspecified atom stereocenters. The SMILES string of the molecule is Cl.[2H]C([2H])([2H])C(CNC(=O)[C@@H](C[C@H](O)[C@@H](N)C[C@H](Cc1ccc(OC)c(OCCCOC)c1)C(C)C)C(C)C)(C(N)=O)C([2H])([2H])[2H]. The molecule has 0 saturated heterocycles. The summed E-state index contributed by atoms with van der Waals surface area (Å²) in [6, 6.07) is 5.06. The van der Waals surface area contributed by atoms with Crippen LogP contribution >= 0.6 is 12.4 Å². The molecule has 0 aromatic heterocycles. The molecule has 9 nitrogen and oxygen atoms in total. The number of carbonyl (C=O) groups excluding carboxylic acids is 2. The Morgan fingerprint density at radius 3 is 2.27 bits per heavy atom. The van der Waals surface area contributed by atoms with E-state index in [2.05, 4.69) is 19.2 Å². The highest BCUT2D eigenvalue weighted by atomic mass is 35.5. The Morgan fingerprint density at radius 2 is 1.75 bits per heavy atom. The molecule has 0 aliphatic carbocycles. The van der Waals surface area contributed by atoms with Crippen molar-refractivity contribution in [3.63, 3.8) is 0 Å². The predicted molar refractivity (Wildman–Crippen MR) is 162 cm³/mol. The third-order valence-electron chi connectivity index (χ3n) is 7.07. The summed E-state index contributed by atoms with van der Waals surface area (Å²) >= 11 is 0. The number of primary amides is 1. The Kier molecular flexibility index (Phi) is 12.9. The molecule has 0 spiro atoms. The van der Waals surface area contributed by atoms with Gasteiger partial charge in [-0.1, -0.05) is 33.8 Å². The molecule has 0 radical (unpaired) electrons. The zero-order valence-corrected chi connectivity index (χ0v) is 25.5. The van der Waals surface area contributed by atoms with Gasteiger partial charge in [-0.15, -0.1) is 12.4 Å². The van der Waals surface area contributed by atoms with Crippen molar-refractivity contribution in [2.45, 2.75) is 79.2 Å². The lowest BCUT2D eigenvalue weighted by molar-refractivity contribution is -0.130. The van der Waals surface area contributed by atoms with Crippen LogP contribution in [0.25, 0.3) is 0 Å². The lowest BCUT2D eigenvalue weighted by atomic mass is 9.80. The van der Waals surface area contributed by atoms with E-state index in [1.54, 1.807) is 28.1 Å². The number of methoxy groups -OCH3 is 2. The number of rotatable bonds is 19. The number of aliphatic hydroxyl groups excluding tert-OH is 1. The van der Waals surface area contributed by atoms with Gasteiger partial charge in [-0.2, -0.15) is 0 Å². The zero-order valence-electron chi connectivity index (χ0n) is 30.7. The lowest BCUT2D eigenvalue weighted by Gasteiger charge is -2.30. The Hall–Kier alpha value is -2.07. The van der Waals surface area contributed by atoms with Crippen LogP contribution in [-0.4, -0.2) is 63.0 Å². The average molecular weight is 594 g/mol.